The minimum atomic E-state index is -0.241. The van der Waals surface area contributed by atoms with Crippen LogP contribution in [0.2, 0.25) is 0 Å². The summed E-state index contributed by atoms with van der Waals surface area (Å²) in [6, 6.07) is 10.5. The number of nitrogens with one attached hydrogen (secondary N) is 1. The van der Waals surface area contributed by atoms with E-state index >= 15 is 0 Å². The lowest BCUT2D eigenvalue weighted by Gasteiger charge is -2.16. The van der Waals surface area contributed by atoms with Crippen LogP contribution in [0.1, 0.15) is 29.0 Å². The summed E-state index contributed by atoms with van der Waals surface area (Å²) in [4.78, 5) is 36.5. The number of rotatable bonds is 6. The Hall–Kier alpha value is -3.75. The molecule has 0 radical (unpaired) electrons. The second-order valence-corrected chi connectivity index (χ2v) is 7.44. The molecule has 160 valence electrons. The zero-order chi connectivity index (χ0) is 21.6. The fraction of sp³-hybridized carbons (Fsp3) is 0.318. The van der Waals surface area contributed by atoms with Gasteiger partial charge < -0.3 is 19.6 Å². The highest BCUT2D eigenvalue weighted by Crippen LogP contribution is 2.20. The highest BCUT2D eigenvalue weighted by molar-refractivity contribution is 5.94. The Labute approximate surface area is 180 Å². The van der Waals surface area contributed by atoms with Crippen molar-refractivity contribution in [2.24, 2.45) is 0 Å². The lowest BCUT2D eigenvalue weighted by molar-refractivity contribution is 0.0793. The van der Waals surface area contributed by atoms with Gasteiger partial charge >= 0.3 is 6.03 Å². The summed E-state index contributed by atoms with van der Waals surface area (Å²) in [6.07, 6.45) is 5.81. The molecule has 0 bridgehead atoms. The molecular weight excluding hydrogens is 396 g/mol. The van der Waals surface area contributed by atoms with Gasteiger partial charge in [0.25, 0.3) is 11.8 Å². The van der Waals surface area contributed by atoms with Crippen LogP contribution in [0.25, 0.3) is 11.5 Å². The molecular formula is C22H24N6O3. The first-order valence-electron chi connectivity index (χ1n) is 10.2. The number of anilines is 1. The van der Waals surface area contributed by atoms with Crippen LogP contribution in [0.15, 0.2) is 53.3 Å². The number of hydrogen-bond acceptors (Lipinski definition) is 6. The zero-order valence-corrected chi connectivity index (χ0v) is 17.3. The van der Waals surface area contributed by atoms with E-state index in [-0.39, 0.29) is 11.9 Å². The third-order valence-corrected chi connectivity index (χ3v) is 5.17. The number of urea groups is 1. The smallest absolute Gasteiger partial charge is 0.321 e. The van der Waals surface area contributed by atoms with Gasteiger partial charge in [-0.1, -0.05) is 5.16 Å². The molecule has 4 rings (SSSR count). The molecule has 2 aromatic heterocycles. The fourth-order valence-electron chi connectivity index (χ4n) is 3.36. The fourth-order valence-corrected chi connectivity index (χ4v) is 3.36. The zero-order valence-electron chi connectivity index (χ0n) is 17.3. The van der Waals surface area contributed by atoms with Crippen molar-refractivity contribution >= 4 is 17.6 Å². The summed E-state index contributed by atoms with van der Waals surface area (Å²) < 4.78 is 5.36. The second-order valence-electron chi connectivity index (χ2n) is 7.44. The van der Waals surface area contributed by atoms with E-state index in [2.05, 4.69) is 20.4 Å². The first kappa shape index (κ1) is 20.5. The standard InChI is InChI=1S/C22H24N6O3/c1-27(22(30)24-18-5-4-11-23-15-18)14-10-19-25-20(31-26-19)16-6-8-17(9-7-16)21(29)28-12-2-3-13-28/h4-9,11,15H,2-3,10,12-14H2,1H3,(H,24,30). The largest absolute Gasteiger partial charge is 0.339 e. The summed E-state index contributed by atoms with van der Waals surface area (Å²) in [6.45, 7) is 2.07. The van der Waals surface area contributed by atoms with Gasteiger partial charge in [0.2, 0.25) is 0 Å². The van der Waals surface area contributed by atoms with Crippen molar-refractivity contribution in [3.8, 4) is 11.5 Å². The van der Waals surface area contributed by atoms with Crippen LogP contribution in [0, 0.1) is 0 Å². The molecule has 1 aliphatic heterocycles. The van der Waals surface area contributed by atoms with E-state index < -0.39 is 0 Å². The van der Waals surface area contributed by atoms with E-state index in [0.29, 0.717) is 35.9 Å². The van der Waals surface area contributed by atoms with Crippen LogP contribution in [0.4, 0.5) is 10.5 Å². The number of amides is 3. The first-order valence-corrected chi connectivity index (χ1v) is 10.2. The predicted octanol–water partition coefficient (Wildman–Crippen LogP) is 3.07. The number of likely N-dealkylation sites (tertiary alicyclic amines) is 1. The maximum atomic E-state index is 12.5. The quantitative estimate of drug-likeness (QED) is 0.657. The van der Waals surface area contributed by atoms with Gasteiger partial charge in [0.05, 0.1) is 11.9 Å². The van der Waals surface area contributed by atoms with Crippen LogP contribution >= 0.6 is 0 Å². The Morgan fingerprint density at radius 3 is 2.65 bits per heavy atom. The molecule has 0 saturated carbocycles. The summed E-state index contributed by atoms with van der Waals surface area (Å²) >= 11 is 0. The van der Waals surface area contributed by atoms with Crippen molar-refractivity contribution < 1.29 is 14.1 Å². The molecule has 0 aliphatic carbocycles. The van der Waals surface area contributed by atoms with E-state index in [1.165, 1.54) is 0 Å². The minimum absolute atomic E-state index is 0.0582. The van der Waals surface area contributed by atoms with Gasteiger partial charge in [0.1, 0.15) is 0 Å². The maximum absolute atomic E-state index is 12.5. The number of benzene rings is 1. The number of nitrogens with zero attached hydrogens (tertiary/aromatic N) is 5. The topological polar surface area (TPSA) is 104 Å². The summed E-state index contributed by atoms with van der Waals surface area (Å²) in [5.41, 5.74) is 2.04. The number of pyridine rings is 1. The van der Waals surface area contributed by atoms with E-state index in [9.17, 15) is 9.59 Å². The van der Waals surface area contributed by atoms with Gasteiger partial charge in [-0.25, -0.2) is 4.79 Å². The van der Waals surface area contributed by atoms with E-state index in [1.54, 1.807) is 48.6 Å². The molecule has 1 aliphatic rings. The third-order valence-electron chi connectivity index (χ3n) is 5.17. The number of carbonyl (C=O) groups excluding carboxylic acids is 2. The second kappa shape index (κ2) is 9.38. The van der Waals surface area contributed by atoms with Crippen LogP contribution in [-0.2, 0) is 6.42 Å². The molecule has 9 heteroatoms. The average Bonchev–Trinajstić information content (AvgIpc) is 3.50. The lowest BCUT2D eigenvalue weighted by atomic mass is 10.1. The van der Waals surface area contributed by atoms with Crippen LogP contribution < -0.4 is 5.32 Å². The molecule has 1 fully saturated rings. The van der Waals surface area contributed by atoms with E-state index in [1.807, 2.05) is 17.0 Å². The molecule has 3 aromatic rings. The molecule has 31 heavy (non-hydrogen) atoms. The van der Waals surface area contributed by atoms with Crippen LogP contribution in [0.5, 0.6) is 0 Å². The molecule has 0 unspecified atom stereocenters. The van der Waals surface area contributed by atoms with Crippen molar-refractivity contribution in [3.63, 3.8) is 0 Å². The van der Waals surface area contributed by atoms with Gasteiger partial charge in [-0.15, -0.1) is 0 Å². The Bertz CT molecular complexity index is 1030. The van der Waals surface area contributed by atoms with Crippen molar-refractivity contribution in [1.82, 2.24) is 24.9 Å². The molecule has 1 N–H and O–H groups in total. The Kier molecular flexibility index (Phi) is 6.21. The molecule has 3 heterocycles. The van der Waals surface area contributed by atoms with Gasteiger partial charge in [0.15, 0.2) is 5.82 Å². The Balaban J connectivity index is 1.31. The van der Waals surface area contributed by atoms with Crippen molar-refractivity contribution in [2.75, 3.05) is 32.0 Å². The Morgan fingerprint density at radius 1 is 1.16 bits per heavy atom. The van der Waals surface area contributed by atoms with Crippen molar-refractivity contribution in [2.45, 2.75) is 19.3 Å². The molecule has 1 saturated heterocycles. The normalized spacial score (nSPS) is 13.3. The molecule has 0 atom stereocenters. The van der Waals surface area contributed by atoms with Gasteiger partial charge in [-0.2, -0.15) is 4.98 Å². The van der Waals surface area contributed by atoms with E-state index in [4.69, 9.17) is 4.52 Å². The first-order chi connectivity index (χ1) is 15.1. The summed E-state index contributed by atoms with van der Waals surface area (Å²) in [5, 5.41) is 6.77. The third kappa shape index (κ3) is 5.06. The number of carbonyl (C=O) groups is 2. The van der Waals surface area contributed by atoms with Gasteiger partial charge in [-0.3, -0.25) is 9.78 Å². The highest BCUT2D eigenvalue weighted by atomic mass is 16.5. The van der Waals surface area contributed by atoms with Crippen LogP contribution in [0.3, 0.4) is 0 Å². The lowest BCUT2D eigenvalue weighted by Crippen LogP contribution is -2.33. The van der Waals surface area contributed by atoms with Crippen molar-refractivity contribution in [1.29, 1.82) is 0 Å². The average molecular weight is 420 g/mol. The van der Waals surface area contributed by atoms with Crippen molar-refractivity contribution in [3.05, 3.63) is 60.2 Å². The minimum Gasteiger partial charge on any atom is -0.339 e. The Morgan fingerprint density at radius 2 is 1.94 bits per heavy atom. The predicted molar refractivity (Wildman–Crippen MR) is 114 cm³/mol. The number of hydrogen-bond donors (Lipinski definition) is 1. The monoisotopic (exact) mass is 420 g/mol. The summed E-state index contributed by atoms with van der Waals surface area (Å²) in [7, 11) is 1.70. The maximum Gasteiger partial charge on any atom is 0.321 e. The molecule has 3 amide bonds. The molecule has 0 spiro atoms. The number of likely N-dealkylation sites (N-methyl/N-ethyl adjacent to an activating group) is 1. The van der Waals surface area contributed by atoms with E-state index in [0.717, 1.165) is 31.5 Å². The molecule has 1 aromatic carbocycles. The highest BCUT2D eigenvalue weighted by Gasteiger charge is 2.20. The SMILES string of the molecule is CN(CCc1noc(-c2ccc(C(=O)N3CCCC3)cc2)n1)C(=O)Nc1cccnc1. The van der Waals surface area contributed by atoms with Gasteiger partial charge in [0, 0.05) is 50.4 Å². The molecule has 9 nitrogen and oxygen atoms in total. The van der Waals surface area contributed by atoms with Gasteiger partial charge in [-0.05, 0) is 49.2 Å². The summed E-state index contributed by atoms with van der Waals surface area (Å²) in [5.74, 6) is 0.953. The number of aromatic nitrogens is 3. The van der Waals surface area contributed by atoms with Crippen LogP contribution in [-0.4, -0.2) is 63.5 Å².